The standard InChI is InChI=1S/C23H39N2O3S.BrH/c1-4-5-6-7-8-9-10-11-12-13-16-25(2,3)17-18-29-23-15-14-21(20-26)19-22(23)24(27)28;/h14-15,19-20H,4-13,16-18H2,1-3H3;1H/q+1;/p-1. The van der Waals surface area contributed by atoms with Crippen LogP contribution in [-0.4, -0.2) is 48.6 Å². The quantitative estimate of drug-likeness (QED) is 0.0816. The molecule has 0 aliphatic rings. The third kappa shape index (κ3) is 12.7. The number of halogens is 1. The van der Waals surface area contributed by atoms with Crippen LogP contribution >= 0.6 is 11.8 Å². The highest BCUT2D eigenvalue weighted by Gasteiger charge is 2.18. The van der Waals surface area contributed by atoms with Gasteiger partial charge in [0.1, 0.15) is 6.29 Å². The monoisotopic (exact) mass is 502 g/mol. The first kappa shape index (κ1) is 29.1. The molecular weight excluding hydrogens is 464 g/mol. The highest BCUT2D eigenvalue weighted by molar-refractivity contribution is 7.99. The number of rotatable bonds is 17. The molecular formula is C23H39BrN2O3S. The van der Waals surface area contributed by atoms with Crippen LogP contribution < -0.4 is 17.0 Å². The number of benzene rings is 1. The fourth-order valence-electron chi connectivity index (χ4n) is 3.41. The Labute approximate surface area is 197 Å². The number of carbonyl (C=O) groups excluding carboxylic acids is 1. The summed E-state index contributed by atoms with van der Waals surface area (Å²) >= 11 is 1.51. The molecule has 0 bridgehead atoms. The van der Waals surface area contributed by atoms with Gasteiger partial charge in [-0.25, -0.2) is 0 Å². The van der Waals surface area contributed by atoms with Crippen LogP contribution in [0.2, 0.25) is 0 Å². The second-order valence-electron chi connectivity index (χ2n) is 8.52. The molecule has 1 aromatic carbocycles. The molecule has 0 aromatic heterocycles. The molecule has 5 nitrogen and oxygen atoms in total. The lowest BCUT2D eigenvalue weighted by molar-refractivity contribution is -0.888. The molecule has 0 heterocycles. The van der Waals surface area contributed by atoms with Crippen molar-refractivity contribution < 1.29 is 31.2 Å². The van der Waals surface area contributed by atoms with Gasteiger partial charge in [0.15, 0.2) is 0 Å². The van der Waals surface area contributed by atoms with Crippen molar-refractivity contribution in [3.8, 4) is 0 Å². The van der Waals surface area contributed by atoms with Gasteiger partial charge in [0.25, 0.3) is 5.69 Å². The lowest BCUT2D eigenvalue weighted by Crippen LogP contribution is -3.00. The molecule has 30 heavy (non-hydrogen) atoms. The number of hydrogen-bond donors (Lipinski definition) is 0. The van der Waals surface area contributed by atoms with Crippen LogP contribution in [0.1, 0.15) is 81.5 Å². The number of nitrogens with zero attached hydrogens (tertiary/aromatic N) is 2. The van der Waals surface area contributed by atoms with Crippen molar-refractivity contribution in [1.29, 1.82) is 0 Å². The zero-order valence-corrected chi connectivity index (χ0v) is 21.3. The lowest BCUT2D eigenvalue weighted by atomic mass is 10.1. The second-order valence-corrected chi connectivity index (χ2v) is 9.65. The number of thioether (sulfide) groups is 1. The van der Waals surface area contributed by atoms with Crippen LogP contribution in [0, 0.1) is 10.1 Å². The van der Waals surface area contributed by atoms with E-state index in [1.165, 1.54) is 82.0 Å². The molecule has 0 atom stereocenters. The van der Waals surface area contributed by atoms with E-state index >= 15 is 0 Å². The Balaban J connectivity index is 0.00000841. The Morgan fingerprint density at radius 2 is 1.53 bits per heavy atom. The van der Waals surface area contributed by atoms with Gasteiger partial charge in [0.05, 0.1) is 37.0 Å². The summed E-state index contributed by atoms with van der Waals surface area (Å²) in [7, 11) is 4.47. The normalized spacial score (nSPS) is 11.2. The van der Waals surface area contributed by atoms with Crippen LogP contribution in [0.15, 0.2) is 23.1 Å². The lowest BCUT2D eigenvalue weighted by Gasteiger charge is -2.29. The maximum Gasteiger partial charge on any atom is 0.283 e. The summed E-state index contributed by atoms with van der Waals surface area (Å²) < 4.78 is 0.935. The second kappa shape index (κ2) is 16.7. The summed E-state index contributed by atoms with van der Waals surface area (Å²) in [5, 5.41) is 11.2. The fraction of sp³-hybridized carbons (Fsp3) is 0.696. The van der Waals surface area contributed by atoms with Crippen LogP contribution in [0.3, 0.4) is 0 Å². The molecule has 7 heteroatoms. The predicted octanol–water partition coefficient (Wildman–Crippen LogP) is 3.50. The molecule has 172 valence electrons. The predicted molar refractivity (Wildman–Crippen MR) is 123 cm³/mol. The molecule has 0 saturated heterocycles. The van der Waals surface area contributed by atoms with Crippen molar-refractivity contribution >= 4 is 23.7 Å². The van der Waals surface area contributed by atoms with E-state index in [9.17, 15) is 14.9 Å². The van der Waals surface area contributed by atoms with E-state index in [0.717, 1.165) is 23.3 Å². The Hall–Kier alpha value is -0.920. The molecule has 0 saturated carbocycles. The molecule has 0 amide bonds. The van der Waals surface area contributed by atoms with Gasteiger partial charge in [0, 0.05) is 17.4 Å². The third-order valence-electron chi connectivity index (χ3n) is 5.39. The van der Waals surface area contributed by atoms with E-state index in [1.807, 2.05) is 0 Å². The maximum atomic E-state index is 11.2. The molecule has 0 N–H and O–H groups in total. The number of unbranched alkanes of at least 4 members (excludes halogenated alkanes) is 9. The van der Waals surface area contributed by atoms with Crippen LogP contribution in [0.5, 0.6) is 0 Å². The first-order valence-electron chi connectivity index (χ1n) is 11.1. The van der Waals surface area contributed by atoms with Gasteiger partial charge < -0.3 is 21.5 Å². The van der Waals surface area contributed by atoms with Gasteiger partial charge in [-0.1, -0.05) is 64.4 Å². The number of carbonyl (C=O) groups is 1. The van der Waals surface area contributed by atoms with Crippen LogP contribution in [0.4, 0.5) is 5.69 Å². The topological polar surface area (TPSA) is 60.2 Å². The van der Waals surface area contributed by atoms with E-state index in [-0.39, 0.29) is 22.7 Å². The number of quaternary nitrogens is 1. The first-order valence-corrected chi connectivity index (χ1v) is 12.1. The largest absolute Gasteiger partial charge is 1.00 e. The molecule has 0 unspecified atom stereocenters. The van der Waals surface area contributed by atoms with E-state index in [1.54, 1.807) is 12.1 Å². The Kier molecular flexibility index (Phi) is 16.2. The number of nitro groups is 1. The van der Waals surface area contributed by atoms with Crippen LogP contribution in [-0.2, 0) is 0 Å². The summed E-state index contributed by atoms with van der Waals surface area (Å²) in [6.45, 7) is 4.37. The van der Waals surface area contributed by atoms with Crippen molar-refractivity contribution in [2.45, 2.75) is 76.0 Å². The van der Waals surface area contributed by atoms with Gasteiger partial charge >= 0.3 is 0 Å². The summed E-state index contributed by atoms with van der Waals surface area (Å²) in [6, 6.07) is 4.69. The van der Waals surface area contributed by atoms with Gasteiger partial charge in [-0.3, -0.25) is 14.9 Å². The minimum atomic E-state index is -0.404. The van der Waals surface area contributed by atoms with Crippen molar-refractivity contribution in [3.05, 3.63) is 33.9 Å². The van der Waals surface area contributed by atoms with Gasteiger partial charge in [-0.05, 0) is 18.9 Å². The van der Waals surface area contributed by atoms with Crippen molar-refractivity contribution in [3.63, 3.8) is 0 Å². The third-order valence-corrected chi connectivity index (χ3v) is 6.43. The molecule has 0 fully saturated rings. The van der Waals surface area contributed by atoms with Crippen molar-refractivity contribution in [1.82, 2.24) is 0 Å². The molecule has 0 aliphatic carbocycles. The van der Waals surface area contributed by atoms with E-state index in [4.69, 9.17) is 0 Å². The van der Waals surface area contributed by atoms with Crippen molar-refractivity contribution in [2.24, 2.45) is 0 Å². The Morgan fingerprint density at radius 3 is 2.07 bits per heavy atom. The highest BCUT2D eigenvalue weighted by Crippen LogP contribution is 2.30. The fourth-order valence-corrected chi connectivity index (χ4v) is 4.67. The smallest absolute Gasteiger partial charge is 0.283 e. The van der Waals surface area contributed by atoms with Gasteiger partial charge in [-0.15, -0.1) is 11.8 Å². The highest BCUT2D eigenvalue weighted by atomic mass is 79.9. The zero-order chi connectivity index (χ0) is 21.5. The molecule has 1 rings (SSSR count). The molecule has 1 aromatic rings. The summed E-state index contributed by atoms with van der Waals surface area (Å²) in [5.41, 5.74) is 0.373. The van der Waals surface area contributed by atoms with E-state index in [0.29, 0.717) is 16.7 Å². The SMILES string of the molecule is CCCCCCCCCCCC[N+](C)(C)CCSc1ccc(C=O)cc1[N+](=O)[O-].[Br-]. The van der Waals surface area contributed by atoms with Crippen molar-refractivity contribution in [2.75, 3.05) is 32.9 Å². The number of nitro benzene ring substituents is 1. The molecule has 0 radical (unpaired) electrons. The minimum absolute atomic E-state index is 0. The van der Waals surface area contributed by atoms with Crippen LogP contribution in [0.25, 0.3) is 0 Å². The number of aldehydes is 1. The first-order chi connectivity index (χ1) is 13.9. The average Bonchev–Trinajstić information content (AvgIpc) is 2.69. The minimum Gasteiger partial charge on any atom is -1.00 e. The summed E-state index contributed by atoms with van der Waals surface area (Å²) in [6.07, 6.45) is 14.1. The average molecular weight is 504 g/mol. The molecule has 0 spiro atoms. The Bertz CT molecular complexity index is 626. The number of hydrogen-bond acceptors (Lipinski definition) is 4. The zero-order valence-electron chi connectivity index (χ0n) is 18.9. The maximum absolute atomic E-state index is 11.2. The van der Waals surface area contributed by atoms with Gasteiger partial charge in [0.2, 0.25) is 0 Å². The van der Waals surface area contributed by atoms with E-state index < -0.39 is 4.92 Å². The van der Waals surface area contributed by atoms with E-state index in [2.05, 4.69) is 21.0 Å². The summed E-state index contributed by atoms with van der Waals surface area (Å²) in [4.78, 5) is 22.3. The van der Waals surface area contributed by atoms with Gasteiger partial charge in [-0.2, -0.15) is 0 Å². The summed E-state index contributed by atoms with van der Waals surface area (Å²) in [5.74, 6) is 0.825. The Morgan fingerprint density at radius 1 is 0.967 bits per heavy atom. The molecule has 0 aliphatic heterocycles.